The van der Waals surface area contributed by atoms with E-state index in [1.807, 2.05) is 0 Å². The third-order valence-corrected chi connectivity index (χ3v) is 2.73. The average molecular weight is 281 g/mol. The zero-order valence-corrected chi connectivity index (χ0v) is 11.6. The van der Waals surface area contributed by atoms with Crippen LogP contribution in [0.4, 0.5) is 5.69 Å². The van der Waals surface area contributed by atoms with Gasteiger partial charge in [0.25, 0.3) is 0 Å². The summed E-state index contributed by atoms with van der Waals surface area (Å²) in [5, 5.41) is 11.2. The van der Waals surface area contributed by atoms with Crippen molar-refractivity contribution in [1.29, 1.82) is 0 Å². The summed E-state index contributed by atoms with van der Waals surface area (Å²) in [5.74, 6) is 0.137. The van der Waals surface area contributed by atoms with Gasteiger partial charge in [-0.2, -0.15) is 0 Å². The Bertz CT molecular complexity index is 473. The number of hydrogen-bond donors (Lipinski definition) is 2. The maximum atomic E-state index is 11.8. The van der Waals surface area contributed by atoms with Crippen LogP contribution in [0.3, 0.4) is 0 Å². The minimum atomic E-state index is -0.847. The largest absolute Gasteiger partial charge is 0.497 e. The van der Waals surface area contributed by atoms with Crippen LogP contribution in [0.1, 0.15) is 25.7 Å². The zero-order chi connectivity index (χ0) is 15.0. The summed E-state index contributed by atoms with van der Waals surface area (Å²) >= 11 is 0. The van der Waals surface area contributed by atoms with Gasteiger partial charge in [0.05, 0.1) is 19.9 Å². The molecule has 6 nitrogen and oxygen atoms in total. The number of amides is 1. The molecule has 0 saturated carbocycles. The number of carbonyl (C=O) groups is 2. The number of carbonyl (C=O) groups excluding carboxylic acids is 1. The van der Waals surface area contributed by atoms with E-state index in [2.05, 4.69) is 5.32 Å². The quantitative estimate of drug-likeness (QED) is 0.714. The minimum Gasteiger partial charge on any atom is -0.497 e. The number of anilines is 1. The van der Waals surface area contributed by atoms with Gasteiger partial charge < -0.3 is 19.9 Å². The molecule has 110 valence electrons. The molecule has 2 N–H and O–H groups in total. The number of ether oxygens (including phenoxy) is 2. The van der Waals surface area contributed by atoms with Gasteiger partial charge >= 0.3 is 5.97 Å². The highest BCUT2D eigenvalue weighted by molar-refractivity contribution is 5.92. The molecule has 0 atom stereocenters. The van der Waals surface area contributed by atoms with Crippen molar-refractivity contribution in [2.24, 2.45) is 0 Å². The van der Waals surface area contributed by atoms with Gasteiger partial charge in [-0.25, -0.2) is 0 Å². The highest BCUT2D eigenvalue weighted by Gasteiger charge is 2.09. The standard InChI is InChI=1S/C14H19NO5/c1-19-10-7-8-12(20-2)11(9-10)15-13(16)5-3-4-6-14(17)18/h7-9H,3-6H2,1-2H3,(H,15,16)(H,17,18). The number of aliphatic carboxylic acids is 1. The molecule has 0 spiro atoms. The maximum absolute atomic E-state index is 11.8. The Balaban J connectivity index is 2.54. The van der Waals surface area contributed by atoms with Crippen molar-refractivity contribution in [3.8, 4) is 11.5 Å². The van der Waals surface area contributed by atoms with E-state index in [1.165, 1.54) is 7.11 Å². The van der Waals surface area contributed by atoms with Crippen molar-refractivity contribution in [3.05, 3.63) is 18.2 Å². The summed E-state index contributed by atoms with van der Waals surface area (Å²) in [7, 11) is 3.06. The van der Waals surface area contributed by atoms with E-state index in [4.69, 9.17) is 14.6 Å². The van der Waals surface area contributed by atoms with Gasteiger partial charge in [0.1, 0.15) is 11.5 Å². The predicted octanol–water partition coefficient (Wildman–Crippen LogP) is 2.29. The Labute approximate surface area is 117 Å². The van der Waals surface area contributed by atoms with Crippen molar-refractivity contribution in [3.63, 3.8) is 0 Å². The first-order chi connectivity index (χ1) is 9.56. The van der Waals surface area contributed by atoms with Crippen LogP contribution in [0.25, 0.3) is 0 Å². The first kappa shape index (κ1) is 15.8. The van der Waals surface area contributed by atoms with Gasteiger partial charge in [0.15, 0.2) is 0 Å². The van der Waals surface area contributed by atoms with E-state index in [0.717, 1.165) is 0 Å². The van der Waals surface area contributed by atoms with E-state index in [1.54, 1.807) is 25.3 Å². The first-order valence-corrected chi connectivity index (χ1v) is 6.30. The van der Waals surface area contributed by atoms with Crippen molar-refractivity contribution in [1.82, 2.24) is 0 Å². The van der Waals surface area contributed by atoms with Crippen LogP contribution in [0.5, 0.6) is 11.5 Å². The summed E-state index contributed by atoms with van der Waals surface area (Å²) in [6.07, 6.45) is 1.37. The molecule has 0 aliphatic carbocycles. The summed E-state index contributed by atoms with van der Waals surface area (Å²) in [5.41, 5.74) is 0.537. The van der Waals surface area contributed by atoms with Gasteiger partial charge in [0.2, 0.25) is 5.91 Å². The summed E-state index contributed by atoms with van der Waals surface area (Å²) in [6.45, 7) is 0. The Morgan fingerprint density at radius 2 is 1.85 bits per heavy atom. The van der Waals surface area contributed by atoms with Crippen LogP contribution in [0.2, 0.25) is 0 Å². The van der Waals surface area contributed by atoms with Crippen molar-refractivity contribution in [2.75, 3.05) is 19.5 Å². The second-order valence-electron chi connectivity index (χ2n) is 4.22. The van der Waals surface area contributed by atoms with E-state index in [-0.39, 0.29) is 18.7 Å². The van der Waals surface area contributed by atoms with Gasteiger partial charge in [-0.3, -0.25) is 9.59 Å². The second-order valence-corrected chi connectivity index (χ2v) is 4.22. The number of benzene rings is 1. The van der Waals surface area contributed by atoms with Crippen LogP contribution in [0.15, 0.2) is 18.2 Å². The fourth-order valence-corrected chi connectivity index (χ4v) is 1.69. The third-order valence-electron chi connectivity index (χ3n) is 2.73. The fraction of sp³-hybridized carbons (Fsp3) is 0.429. The molecule has 1 aromatic carbocycles. The molecule has 1 amide bonds. The SMILES string of the molecule is COc1ccc(OC)c(NC(=O)CCCCC(=O)O)c1. The zero-order valence-electron chi connectivity index (χ0n) is 11.6. The molecule has 20 heavy (non-hydrogen) atoms. The number of carboxylic acid groups (broad SMARTS) is 1. The smallest absolute Gasteiger partial charge is 0.303 e. The van der Waals surface area contributed by atoms with Crippen molar-refractivity contribution < 1.29 is 24.2 Å². The molecule has 0 aliphatic rings. The van der Waals surface area contributed by atoms with Gasteiger partial charge in [-0.15, -0.1) is 0 Å². The maximum Gasteiger partial charge on any atom is 0.303 e. The van der Waals surface area contributed by atoms with Crippen LogP contribution in [-0.4, -0.2) is 31.2 Å². The number of hydrogen-bond acceptors (Lipinski definition) is 4. The number of rotatable bonds is 8. The number of nitrogens with one attached hydrogen (secondary N) is 1. The Morgan fingerprint density at radius 3 is 2.45 bits per heavy atom. The van der Waals surface area contributed by atoms with Gasteiger partial charge in [-0.1, -0.05) is 0 Å². The predicted molar refractivity (Wildman–Crippen MR) is 74.3 cm³/mol. The number of carboxylic acids is 1. The minimum absolute atomic E-state index is 0.0791. The molecule has 6 heteroatoms. The van der Waals surface area contributed by atoms with Crippen molar-refractivity contribution >= 4 is 17.6 Å². The summed E-state index contributed by atoms with van der Waals surface area (Å²) in [6, 6.07) is 5.12. The first-order valence-electron chi connectivity index (χ1n) is 6.30. The van der Waals surface area contributed by atoms with Crippen LogP contribution in [-0.2, 0) is 9.59 Å². The molecule has 0 radical (unpaired) electrons. The molecule has 0 heterocycles. The van der Waals surface area contributed by atoms with Crippen LogP contribution in [0, 0.1) is 0 Å². The number of unbranched alkanes of at least 4 members (excludes halogenated alkanes) is 1. The lowest BCUT2D eigenvalue weighted by Crippen LogP contribution is -2.12. The average Bonchev–Trinajstić information content (AvgIpc) is 2.43. The molecule has 0 bridgehead atoms. The molecular weight excluding hydrogens is 262 g/mol. The third kappa shape index (κ3) is 5.17. The fourth-order valence-electron chi connectivity index (χ4n) is 1.69. The molecule has 1 aromatic rings. The molecule has 0 saturated heterocycles. The lowest BCUT2D eigenvalue weighted by atomic mass is 10.2. The van der Waals surface area contributed by atoms with Crippen molar-refractivity contribution in [2.45, 2.75) is 25.7 Å². The molecule has 1 rings (SSSR count). The second kappa shape index (κ2) is 8.04. The van der Waals surface area contributed by atoms with E-state index < -0.39 is 5.97 Å². The van der Waals surface area contributed by atoms with Gasteiger partial charge in [-0.05, 0) is 25.0 Å². The Hall–Kier alpha value is -2.24. The normalized spacial score (nSPS) is 9.90. The molecular formula is C14H19NO5. The molecule has 0 unspecified atom stereocenters. The Kier molecular flexibility index (Phi) is 6.36. The Morgan fingerprint density at radius 1 is 1.15 bits per heavy atom. The number of methoxy groups -OCH3 is 2. The monoisotopic (exact) mass is 281 g/mol. The van der Waals surface area contributed by atoms with E-state index in [0.29, 0.717) is 30.0 Å². The van der Waals surface area contributed by atoms with Crippen LogP contribution < -0.4 is 14.8 Å². The summed E-state index contributed by atoms with van der Waals surface area (Å²) < 4.78 is 10.2. The van der Waals surface area contributed by atoms with Gasteiger partial charge in [0, 0.05) is 18.9 Å². The molecule has 0 aliphatic heterocycles. The topological polar surface area (TPSA) is 84.9 Å². The lowest BCUT2D eigenvalue weighted by molar-refractivity contribution is -0.137. The lowest BCUT2D eigenvalue weighted by Gasteiger charge is -2.11. The molecule has 0 aromatic heterocycles. The van der Waals surface area contributed by atoms with Crippen LogP contribution >= 0.6 is 0 Å². The highest BCUT2D eigenvalue weighted by atomic mass is 16.5. The highest BCUT2D eigenvalue weighted by Crippen LogP contribution is 2.29. The van der Waals surface area contributed by atoms with E-state index >= 15 is 0 Å². The van der Waals surface area contributed by atoms with E-state index in [9.17, 15) is 9.59 Å². The summed E-state index contributed by atoms with van der Waals surface area (Å²) in [4.78, 5) is 22.1. The molecule has 0 fully saturated rings.